The molecule has 1 saturated heterocycles. The summed E-state index contributed by atoms with van der Waals surface area (Å²) in [5, 5.41) is 0. The van der Waals surface area contributed by atoms with Gasteiger partial charge in [0.15, 0.2) is 0 Å². The zero-order valence-electron chi connectivity index (χ0n) is 11.8. The molecular formula is C13H21N3O3S. The van der Waals surface area contributed by atoms with Gasteiger partial charge in [-0.3, -0.25) is 0 Å². The normalized spacial score (nSPS) is 18.1. The highest BCUT2D eigenvalue weighted by Crippen LogP contribution is 2.28. The lowest BCUT2D eigenvalue weighted by molar-refractivity contribution is 0.115. The molecule has 0 spiro atoms. The molecule has 3 N–H and O–H groups in total. The summed E-state index contributed by atoms with van der Waals surface area (Å²) < 4.78 is 31.7. The Morgan fingerprint density at radius 3 is 2.60 bits per heavy atom. The minimum atomic E-state index is -3.48. The van der Waals surface area contributed by atoms with Gasteiger partial charge in [0, 0.05) is 19.2 Å². The van der Waals surface area contributed by atoms with Crippen LogP contribution in [0, 0.1) is 0 Å². The van der Waals surface area contributed by atoms with Crippen LogP contribution >= 0.6 is 0 Å². The highest BCUT2D eigenvalue weighted by atomic mass is 32.2. The number of hydrogen-bond acceptors (Lipinski definition) is 5. The van der Waals surface area contributed by atoms with Crippen LogP contribution < -0.4 is 15.2 Å². The number of nitrogens with two attached hydrogens (primary N) is 1. The molecule has 20 heavy (non-hydrogen) atoms. The molecule has 0 aromatic heterocycles. The molecule has 1 heterocycles. The molecule has 1 aromatic rings. The van der Waals surface area contributed by atoms with Crippen molar-refractivity contribution in [3.8, 4) is 5.75 Å². The molecule has 1 aliphatic heterocycles. The number of piperidine rings is 1. The number of nitrogens with one attached hydrogen (secondary N) is 1. The van der Waals surface area contributed by atoms with Crippen LogP contribution in [0.2, 0.25) is 0 Å². The van der Waals surface area contributed by atoms with Gasteiger partial charge in [-0.2, -0.15) is 0 Å². The first kappa shape index (κ1) is 15.1. The first-order valence-electron chi connectivity index (χ1n) is 6.60. The van der Waals surface area contributed by atoms with Crippen LogP contribution in [0.15, 0.2) is 23.1 Å². The first-order valence-corrected chi connectivity index (χ1v) is 8.09. The number of likely N-dealkylation sites (tertiary alicyclic amines) is 1. The number of benzene rings is 1. The monoisotopic (exact) mass is 299 g/mol. The molecule has 1 aromatic carbocycles. The Morgan fingerprint density at radius 1 is 1.35 bits per heavy atom. The van der Waals surface area contributed by atoms with Gasteiger partial charge in [0.2, 0.25) is 10.0 Å². The van der Waals surface area contributed by atoms with E-state index in [0.717, 1.165) is 25.9 Å². The van der Waals surface area contributed by atoms with Gasteiger partial charge in [-0.15, -0.1) is 0 Å². The zero-order chi connectivity index (χ0) is 14.8. The molecular weight excluding hydrogens is 278 g/mol. The number of nitrogens with zero attached hydrogens (tertiary/aromatic N) is 1. The molecule has 7 heteroatoms. The van der Waals surface area contributed by atoms with Crippen molar-refractivity contribution in [3.63, 3.8) is 0 Å². The molecule has 2 rings (SSSR count). The minimum absolute atomic E-state index is 0.0843. The summed E-state index contributed by atoms with van der Waals surface area (Å²) in [5.41, 5.74) is 6.33. The summed E-state index contributed by atoms with van der Waals surface area (Å²) in [6.07, 6.45) is 1.92. The lowest BCUT2D eigenvalue weighted by Gasteiger charge is -2.29. The lowest BCUT2D eigenvalue weighted by Crippen LogP contribution is -2.35. The van der Waals surface area contributed by atoms with Crippen LogP contribution in [-0.4, -0.2) is 46.6 Å². The quantitative estimate of drug-likeness (QED) is 0.797. The van der Waals surface area contributed by atoms with Crippen molar-refractivity contribution in [2.45, 2.75) is 23.8 Å². The summed E-state index contributed by atoms with van der Waals surface area (Å²) in [6, 6.07) is 4.52. The third-order valence-electron chi connectivity index (χ3n) is 3.52. The highest BCUT2D eigenvalue weighted by molar-refractivity contribution is 7.89. The fourth-order valence-electron chi connectivity index (χ4n) is 2.18. The third-order valence-corrected chi connectivity index (χ3v) is 4.94. The largest absolute Gasteiger partial charge is 0.488 e. The van der Waals surface area contributed by atoms with Gasteiger partial charge >= 0.3 is 0 Å². The van der Waals surface area contributed by atoms with Crippen molar-refractivity contribution >= 4 is 15.7 Å². The second kappa shape index (κ2) is 5.99. The van der Waals surface area contributed by atoms with Gasteiger partial charge < -0.3 is 15.4 Å². The van der Waals surface area contributed by atoms with E-state index >= 15 is 0 Å². The summed E-state index contributed by atoms with van der Waals surface area (Å²) in [7, 11) is -0.0286. The van der Waals surface area contributed by atoms with Gasteiger partial charge in [-0.05, 0) is 39.1 Å². The van der Waals surface area contributed by atoms with Crippen molar-refractivity contribution in [2.24, 2.45) is 0 Å². The van der Waals surface area contributed by atoms with Crippen LogP contribution in [0.4, 0.5) is 5.69 Å². The Morgan fingerprint density at radius 2 is 2.00 bits per heavy atom. The van der Waals surface area contributed by atoms with Crippen molar-refractivity contribution < 1.29 is 13.2 Å². The van der Waals surface area contributed by atoms with Crippen LogP contribution in [0.3, 0.4) is 0 Å². The van der Waals surface area contributed by atoms with Crippen molar-refractivity contribution in [3.05, 3.63) is 18.2 Å². The highest BCUT2D eigenvalue weighted by Gasteiger charge is 2.20. The summed E-state index contributed by atoms with van der Waals surface area (Å²) in [6.45, 7) is 1.94. The molecule has 0 aliphatic carbocycles. The molecule has 1 fully saturated rings. The van der Waals surface area contributed by atoms with E-state index in [1.54, 1.807) is 6.07 Å². The number of sulfonamides is 1. The van der Waals surface area contributed by atoms with E-state index in [4.69, 9.17) is 10.5 Å². The first-order chi connectivity index (χ1) is 9.42. The van der Waals surface area contributed by atoms with E-state index in [1.165, 1.54) is 19.2 Å². The lowest BCUT2D eigenvalue weighted by atomic mass is 10.1. The van der Waals surface area contributed by atoms with E-state index in [0.29, 0.717) is 11.4 Å². The molecule has 0 saturated carbocycles. The third kappa shape index (κ3) is 3.41. The summed E-state index contributed by atoms with van der Waals surface area (Å²) >= 11 is 0. The Balaban J connectivity index is 2.17. The average molecular weight is 299 g/mol. The molecule has 1 aliphatic rings. The molecule has 112 valence electrons. The topological polar surface area (TPSA) is 84.7 Å². The SMILES string of the molecule is CNS(=O)(=O)c1ccc(N)c(OC2CCN(C)CC2)c1. The zero-order valence-corrected chi connectivity index (χ0v) is 12.6. The van der Waals surface area contributed by atoms with Crippen molar-refractivity contribution in [1.29, 1.82) is 0 Å². The fourth-order valence-corrected chi connectivity index (χ4v) is 2.93. The smallest absolute Gasteiger partial charge is 0.240 e. The summed E-state index contributed by atoms with van der Waals surface area (Å²) in [4.78, 5) is 2.41. The van der Waals surface area contributed by atoms with Crippen LogP contribution in [0.25, 0.3) is 0 Å². The number of rotatable bonds is 4. The van der Waals surface area contributed by atoms with Gasteiger partial charge in [-0.25, -0.2) is 13.1 Å². The van der Waals surface area contributed by atoms with Crippen LogP contribution in [0.1, 0.15) is 12.8 Å². The van der Waals surface area contributed by atoms with E-state index in [2.05, 4.69) is 16.7 Å². The van der Waals surface area contributed by atoms with Gasteiger partial charge in [-0.1, -0.05) is 0 Å². The maximum Gasteiger partial charge on any atom is 0.240 e. The number of hydrogen-bond donors (Lipinski definition) is 2. The van der Waals surface area contributed by atoms with E-state index in [1.807, 2.05) is 0 Å². The van der Waals surface area contributed by atoms with E-state index in [-0.39, 0.29) is 11.0 Å². The number of ether oxygens (including phenoxy) is 1. The molecule has 0 bridgehead atoms. The van der Waals surface area contributed by atoms with Crippen LogP contribution in [0.5, 0.6) is 5.75 Å². The van der Waals surface area contributed by atoms with E-state index < -0.39 is 10.0 Å². The molecule has 0 amide bonds. The minimum Gasteiger partial charge on any atom is -0.488 e. The number of nitrogen functional groups attached to an aromatic ring is 1. The van der Waals surface area contributed by atoms with Crippen molar-refractivity contribution in [2.75, 3.05) is 32.9 Å². The maximum atomic E-state index is 11.8. The molecule has 0 atom stereocenters. The second-order valence-electron chi connectivity index (χ2n) is 5.03. The van der Waals surface area contributed by atoms with Crippen LogP contribution in [-0.2, 0) is 10.0 Å². The molecule has 6 nitrogen and oxygen atoms in total. The van der Waals surface area contributed by atoms with Gasteiger partial charge in [0.25, 0.3) is 0 Å². The molecule has 0 radical (unpaired) electrons. The fraction of sp³-hybridized carbons (Fsp3) is 0.538. The standard InChI is InChI=1S/C13H21N3O3S/c1-15-20(17,18)11-3-4-12(14)13(9-11)19-10-5-7-16(2)8-6-10/h3-4,9-10,15H,5-8,14H2,1-2H3. The predicted octanol–water partition coefficient (Wildman–Crippen LogP) is 0.650. The average Bonchev–Trinajstić information content (AvgIpc) is 2.43. The second-order valence-corrected chi connectivity index (χ2v) is 6.91. The van der Waals surface area contributed by atoms with E-state index in [9.17, 15) is 8.42 Å². The molecule has 0 unspecified atom stereocenters. The van der Waals surface area contributed by atoms with Gasteiger partial charge in [0.1, 0.15) is 11.9 Å². The Bertz CT molecular complexity index is 566. The predicted molar refractivity (Wildman–Crippen MR) is 78.2 cm³/mol. The number of anilines is 1. The maximum absolute atomic E-state index is 11.8. The Kier molecular flexibility index (Phi) is 4.52. The Hall–Kier alpha value is -1.31. The van der Waals surface area contributed by atoms with Crippen molar-refractivity contribution in [1.82, 2.24) is 9.62 Å². The van der Waals surface area contributed by atoms with Gasteiger partial charge in [0.05, 0.1) is 10.6 Å². The Labute approximate surface area is 120 Å². The summed E-state index contributed by atoms with van der Waals surface area (Å²) in [5.74, 6) is 0.441.